The van der Waals surface area contributed by atoms with Crippen LogP contribution in [-0.2, 0) is 9.84 Å². The largest absolute Gasteiger partial charge is 0.468 e. The molecule has 0 radical (unpaired) electrons. The summed E-state index contributed by atoms with van der Waals surface area (Å²) in [6.45, 7) is -0.258. The van der Waals surface area contributed by atoms with Gasteiger partial charge in [0.25, 0.3) is 11.6 Å². The Morgan fingerprint density at radius 2 is 1.82 bits per heavy atom. The van der Waals surface area contributed by atoms with Crippen molar-refractivity contribution >= 4 is 21.4 Å². The molecule has 8 nitrogen and oxygen atoms in total. The Morgan fingerprint density at radius 3 is 2.46 bits per heavy atom. The second kappa shape index (κ2) is 8.05. The normalized spacial score (nSPS) is 12.3. The van der Waals surface area contributed by atoms with E-state index in [0.29, 0.717) is 0 Å². The fraction of sp³-hybridized carbons (Fsp3) is 0.105. The third-order valence-electron chi connectivity index (χ3n) is 4.07. The van der Waals surface area contributed by atoms with Gasteiger partial charge in [0, 0.05) is 24.2 Å². The molecule has 0 fully saturated rings. The predicted molar refractivity (Wildman–Crippen MR) is 101 cm³/mol. The zero-order valence-corrected chi connectivity index (χ0v) is 15.3. The summed E-state index contributed by atoms with van der Waals surface area (Å²) in [5.41, 5.74) is -0.170. The lowest BCUT2D eigenvalue weighted by Crippen LogP contribution is -2.31. The maximum Gasteiger partial charge on any atom is 0.270 e. The van der Waals surface area contributed by atoms with Crippen molar-refractivity contribution in [2.45, 2.75) is 10.1 Å². The summed E-state index contributed by atoms with van der Waals surface area (Å²) in [6.07, 6.45) is 1.35. The van der Waals surface area contributed by atoms with Crippen molar-refractivity contribution in [3.63, 3.8) is 0 Å². The van der Waals surface area contributed by atoms with E-state index in [4.69, 9.17) is 4.42 Å². The molecule has 3 rings (SSSR count). The van der Waals surface area contributed by atoms with E-state index >= 15 is 0 Å². The van der Waals surface area contributed by atoms with E-state index in [0.717, 1.165) is 6.07 Å². The van der Waals surface area contributed by atoms with Crippen LogP contribution in [0.3, 0.4) is 0 Å². The minimum absolute atomic E-state index is 0.0597. The first kappa shape index (κ1) is 19.3. The van der Waals surface area contributed by atoms with Crippen molar-refractivity contribution in [2.75, 3.05) is 6.54 Å². The highest BCUT2D eigenvalue weighted by Gasteiger charge is 2.31. The number of non-ortho nitro benzene ring substituents is 1. The van der Waals surface area contributed by atoms with Crippen LogP contribution < -0.4 is 5.32 Å². The second-order valence-corrected chi connectivity index (χ2v) is 8.01. The summed E-state index contributed by atoms with van der Waals surface area (Å²) >= 11 is 0. The molecule has 1 heterocycles. The molecule has 1 unspecified atom stereocenters. The van der Waals surface area contributed by atoms with Crippen molar-refractivity contribution in [2.24, 2.45) is 0 Å². The van der Waals surface area contributed by atoms with Gasteiger partial charge in [-0.3, -0.25) is 14.9 Å². The zero-order valence-electron chi connectivity index (χ0n) is 14.5. The number of nitro groups is 1. The van der Waals surface area contributed by atoms with E-state index in [9.17, 15) is 23.3 Å². The van der Waals surface area contributed by atoms with Gasteiger partial charge in [0.05, 0.1) is 16.1 Å². The van der Waals surface area contributed by atoms with E-state index in [1.807, 2.05) is 0 Å². The number of rotatable bonds is 7. The van der Waals surface area contributed by atoms with Gasteiger partial charge >= 0.3 is 0 Å². The first-order chi connectivity index (χ1) is 13.4. The Balaban J connectivity index is 1.85. The standard InChI is InChI=1S/C19H16N2O6S/c22-19(14-6-4-7-15(12-14)21(23)24)20-13-18(17-10-5-11-27-17)28(25,26)16-8-2-1-3-9-16/h1-12,18H,13H2,(H,20,22). The lowest BCUT2D eigenvalue weighted by atomic mass is 10.2. The van der Waals surface area contributed by atoms with Crippen LogP contribution in [0.1, 0.15) is 21.4 Å². The van der Waals surface area contributed by atoms with E-state index in [1.54, 1.807) is 24.3 Å². The molecule has 3 aromatic rings. The summed E-state index contributed by atoms with van der Waals surface area (Å²) < 4.78 is 31.3. The van der Waals surface area contributed by atoms with Crippen LogP contribution in [-0.4, -0.2) is 25.8 Å². The molecule has 0 saturated heterocycles. The van der Waals surface area contributed by atoms with E-state index in [2.05, 4.69) is 5.32 Å². The first-order valence-corrected chi connectivity index (χ1v) is 9.79. The van der Waals surface area contributed by atoms with Gasteiger partial charge in [-0.2, -0.15) is 0 Å². The molecule has 9 heteroatoms. The number of benzene rings is 2. The smallest absolute Gasteiger partial charge is 0.270 e. The molecule has 2 aromatic carbocycles. The Labute approximate surface area is 160 Å². The van der Waals surface area contributed by atoms with Gasteiger partial charge < -0.3 is 9.73 Å². The molecule has 1 amide bonds. The number of hydrogen-bond acceptors (Lipinski definition) is 6. The van der Waals surface area contributed by atoms with Crippen LogP contribution in [0.25, 0.3) is 0 Å². The number of nitro benzene ring substituents is 1. The molecule has 0 aliphatic carbocycles. The van der Waals surface area contributed by atoms with Crippen molar-refractivity contribution < 1.29 is 22.6 Å². The quantitative estimate of drug-likeness (QED) is 0.481. The number of nitrogens with one attached hydrogen (secondary N) is 1. The Morgan fingerprint density at radius 1 is 1.07 bits per heavy atom. The summed E-state index contributed by atoms with van der Waals surface area (Å²) in [5.74, 6) is -0.438. The molecule has 28 heavy (non-hydrogen) atoms. The molecule has 1 atom stereocenters. The topological polar surface area (TPSA) is 120 Å². The van der Waals surface area contributed by atoms with Crippen LogP contribution in [0, 0.1) is 10.1 Å². The number of carbonyl (C=O) groups is 1. The van der Waals surface area contributed by atoms with Gasteiger partial charge in [-0.05, 0) is 30.3 Å². The second-order valence-electron chi connectivity index (χ2n) is 5.88. The van der Waals surface area contributed by atoms with Gasteiger partial charge in [0.2, 0.25) is 0 Å². The van der Waals surface area contributed by atoms with Crippen LogP contribution in [0.5, 0.6) is 0 Å². The third-order valence-corrected chi connectivity index (χ3v) is 6.15. The molecule has 144 valence electrons. The molecule has 0 spiro atoms. The van der Waals surface area contributed by atoms with Crippen LogP contribution in [0.15, 0.2) is 82.3 Å². The molecule has 1 aromatic heterocycles. The Bertz CT molecular complexity index is 1080. The number of nitrogens with zero attached hydrogens (tertiary/aromatic N) is 1. The van der Waals surface area contributed by atoms with E-state index in [1.165, 1.54) is 42.7 Å². The molecule has 1 N–H and O–H groups in total. The summed E-state index contributed by atoms with van der Waals surface area (Å²) in [4.78, 5) is 22.8. The van der Waals surface area contributed by atoms with Crippen molar-refractivity contribution in [3.05, 3.63) is 94.4 Å². The van der Waals surface area contributed by atoms with E-state index < -0.39 is 25.9 Å². The predicted octanol–water partition coefficient (Wildman–Crippen LogP) is 3.13. The minimum atomic E-state index is -3.84. The lowest BCUT2D eigenvalue weighted by molar-refractivity contribution is -0.384. The van der Waals surface area contributed by atoms with Gasteiger partial charge in [-0.15, -0.1) is 0 Å². The van der Waals surface area contributed by atoms with Gasteiger partial charge in [0.15, 0.2) is 9.84 Å². The lowest BCUT2D eigenvalue weighted by Gasteiger charge is -2.16. The number of furan rings is 1. The number of carbonyl (C=O) groups excluding carboxylic acids is 1. The fourth-order valence-electron chi connectivity index (χ4n) is 2.66. The summed E-state index contributed by atoms with van der Waals surface area (Å²) in [6, 6.07) is 16.1. The van der Waals surface area contributed by atoms with Crippen LogP contribution >= 0.6 is 0 Å². The van der Waals surface area contributed by atoms with Gasteiger partial charge in [-0.25, -0.2) is 8.42 Å². The molecular weight excluding hydrogens is 384 g/mol. The first-order valence-electron chi connectivity index (χ1n) is 8.24. The SMILES string of the molecule is O=C(NCC(c1ccco1)S(=O)(=O)c1ccccc1)c1cccc([N+](=O)[O-])c1. The average Bonchev–Trinajstić information content (AvgIpc) is 3.23. The van der Waals surface area contributed by atoms with Gasteiger partial charge in [-0.1, -0.05) is 24.3 Å². The fourth-order valence-corrected chi connectivity index (χ4v) is 4.27. The van der Waals surface area contributed by atoms with Crippen molar-refractivity contribution in [1.29, 1.82) is 0 Å². The van der Waals surface area contributed by atoms with Crippen LogP contribution in [0.4, 0.5) is 5.69 Å². The maximum absolute atomic E-state index is 13.0. The third kappa shape index (κ3) is 4.09. The van der Waals surface area contributed by atoms with Crippen molar-refractivity contribution in [1.82, 2.24) is 5.32 Å². The number of hydrogen-bond donors (Lipinski definition) is 1. The average molecular weight is 400 g/mol. The monoisotopic (exact) mass is 400 g/mol. The summed E-state index contributed by atoms with van der Waals surface area (Å²) in [5, 5.41) is 12.3. The van der Waals surface area contributed by atoms with Crippen LogP contribution in [0.2, 0.25) is 0 Å². The number of amides is 1. The molecule has 0 aliphatic heterocycles. The highest BCUT2D eigenvalue weighted by atomic mass is 32.2. The molecule has 0 aliphatic rings. The van der Waals surface area contributed by atoms with Crippen molar-refractivity contribution in [3.8, 4) is 0 Å². The Kier molecular flexibility index (Phi) is 5.55. The Hall–Kier alpha value is -3.46. The molecule has 0 bridgehead atoms. The highest BCUT2D eigenvalue weighted by Crippen LogP contribution is 2.28. The van der Waals surface area contributed by atoms with E-state index in [-0.39, 0.29) is 28.5 Å². The minimum Gasteiger partial charge on any atom is -0.468 e. The van der Waals surface area contributed by atoms with Gasteiger partial charge in [0.1, 0.15) is 11.0 Å². The number of sulfone groups is 1. The molecule has 0 saturated carbocycles. The summed E-state index contributed by atoms with van der Waals surface area (Å²) in [7, 11) is -3.84. The highest BCUT2D eigenvalue weighted by molar-refractivity contribution is 7.91. The maximum atomic E-state index is 13.0. The zero-order chi connectivity index (χ0) is 20.1. The molecular formula is C19H16N2O6S.